The third-order valence-corrected chi connectivity index (χ3v) is 5.75. The maximum Gasteiger partial charge on any atom is 0.270 e. The molecule has 1 aliphatic heterocycles. The highest BCUT2D eigenvalue weighted by molar-refractivity contribution is 7.22. The van der Waals surface area contributed by atoms with Gasteiger partial charge in [0.25, 0.3) is 11.6 Å². The summed E-state index contributed by atoms with van der Waals surface area (Å²) in [6.45, 7) is 2.70. The number of benzene rings is 2. The van der Waals surface area contributed by atoms with Crippen LogP contribution in [0.3, 0.4) is 0 Å². The van der Waals surface area contributed by atoms with Crippen LogP contribution in [-0.4, -0.2) is 54.6 Å². The Balaban J connectivity index is 1.36. The van der Waals surface area contributed by atoms with Gasteiger partial charge in [-0.25, -0.2) is 4.98 Å². The number of morpholine rings is 1. The lowest BCUT2D eigenvalue weighted by Gasteiger charge is -2.25. The summed E-state index contributed by atoms with van der Waals surface area (Å²) in [4.78, 5) is 41.5. The molecule has 0 radical (unpaired) electrons. The van der Waals surface area contributed by atoms with Crippen LogP contribution in [0, 0.1) is 10.1 Å². The van der Waals surface area contributed by atoms with Crippen LogP contribution in [0.2, 0.25) is 0 Å². The number of hydrogen-bond donors (Lipinski definition) is 2. The molecule has 1 saturated heterocycles. The summed E-state index contributed by atoms with van der Waals surface area (Å²) in [7, 11) is 0. The first-order valence-corrected chi connectivity index (χ1v) is 10.4. The average Bonchev–Trinajstić information content (AvgIpc) is 3.21. The van der Waals surface area contributed by atoms with E-state index >= 15 is 0 Å². The summed E-state index contributed by atoms with van der Waals surface area (Å²) in [5.41, 5.74) is 1.37. The Bertz CT molecular complexity index is 1140. The van der Waals surface area contributed by atoms with Crippen molar-refractivity contribution < 1.29 is 19.2 Å². The van der Waals surface area contributed by atoms with E-state index in [1.54, 1.807) is 17.4 Å². The molecule has 31 heavy (non-hydrogen) atoms. The van der Waals surface area contributed by atoms with E-state index in [1.165, 1.54) is 18.2 Å². The topological polar surface area (TPSA) is 127 Å². The van der Waals surface area contributed by atoms with Crippen molar-refractivity contribution in [3.05, 3.63) is 58.1 Å². The van der Waals surface area contributed by atoms with Gasteiger partial charge in [0.05, 0.1) is 34.9 Å². The fourth-order valence-electron chi connectivity index (χ4n) is 3.11. The first-order chi connectivity index (χ1) is 15.0. The Labute approximate surface area is 181 Å². The van der Waals surface area contributed by atoms with Crippen LogP contribution in [-0.2, 0) is 9.53 Å². The molecule has 11 heteroatoms. The van der Waals surface area contributed by atoms with Gasteiger partial charge in [0, 0.05) is 36.5 Å². The third kappa shape index (κ3) is 4.95. The zero-order chi connectivity index (χ0) is 21.8. The van der Waals surface area contributed by atoms with E-state index in [4.69, 9.17) is 4.74 Å². The van der Waals surface area contributed by atoms with E-state index in [0.717, 1.165) is 34.5 Å². The van der Waals surface area contributed by atoms with Gasteiger partial charge in [-0.2, -0.15) is 0 Å². The number of nitrogens with zero attached hydrogens (tertiary/aromatic N) is 3. The Morgan fingerprint density at radius 3 is 2.77 bits per heavy atom. The Hall–Kier alpha value is -3.57. The molecule has 0 spiro atoms. The number of anilines is 2. The minimum Gasteiger partial charge on any atom is -0.378 e. The molecular formula is C20H19N5O5S. The monoisotopic (exact) mass is 441 g/mol. The number of non-ortho nitro benzene ring substituents is 1. The summed E-state index contributed by atoms with van der Waals surface area (Å²) in [5.74, 6) is -0.969. The van der Waals surface area contributed by atoms with E-state index in [-0.39, 0.29) is 17.8 Å². The van der Waals surface area contributed by atoms with E-state index in [1.807, 2.05) is 12.1 Å². The van der Waals surface area contributed by atoms with Crippen molar-refractivity contribution in [2.75, 3.05) is 43.1 Å². The first kappa shape index (κ1) is 20.7. The van der Waals surface area contributed by atoms with E-state index < -0.39 is 16.7 Å². The van der Waals surface area contributed by atoms with Gasteiger partial charge in [0.15, 0.2) is 5.13 Å². The molecule has 0 bridgehead atoms. The molecule has 1 fully saturated rings. The van der Waals surface area contributed by atoms with E-state index in [9.17, 15) is 19.7 Å². The lowest BCUT2D eigenvalue weighted by Crippen LogP contribution is -2.36. The number of ether oxygens (including phenoxy) is 1. The largest absolute Gasteiger partial charge is 0.378 e. The SMILES string of the molecule is O=C(CNC(=O)c1cccc([N+](=O)[O-])c1)Nc1ccc2nc(N3CCOCC3)sc2c1. The fourth-order valence-corrected chi connectivity index (χ4v) is 4.17. The molecule has 4 rings (SSSR count). The number of fused-ring (bicyclic) bond motifs is 1. The number of hydrogen-bond acceptors (Lipinski definition) is 8. The van der Waals surface area contributed by atoms with Crippen molar-refractivity contribution >= 4 is 49.9 Å². The third-order valence-electron chi connectivity index (χ3n) is 4.67. The normalized spacial score (nSPS) is 13.7. The molecule has 3 aromatic rings. The van der Waals surface area contributed by atoms with E-state index in [0.29, 0.717) is 18.9 Å². The summed E-state index contributed by atoms with van der Waals surface area (Å²) < 4.78 is 6.31. The van der Waals surface area contributed by atoms with Crippen molar-refractivity contribution in [2.45, 2.75) is 0 Å². The Morgan fingerprint density at radius 1 is 1.19 bits per heavy atom. The van der Waals surface area contributed by atoms with Gasteiger partial charge >= 0.3 is 0 Å². The number of amides is 2. The van der Waals surface area contributed by atoms with Crippen molar-refractivity contribution in [1.29, 1.82) is 0 Å². The molecule has 2 aromatic carbocycles. The first-order valence-electron chi connectivity index (χ1n) is 9.55. The summed E-state index contributed by atoms with van der Waals surface area (Å²) >= 11 is 1.55. The fraction of sp³-hybridized carbons (Fsp3) is 0.250. The highest BCUT2D eigenvalue weighted by Crippen LogP contribution is 2.31. The van der Waals surface area contributed by atoms with Gasteiger partial charge in [0.1, 0.15) is 0 Å². The second-order valence-corrected chi connectivity index (χ2v) is 7.83. The minimum atomic E-state index is -0.580. The lowest BCUT2D eigenvalue weighted by atomic mass is 10.2. The zero-order valence-corrected chi connectivity index (χ0v) is 17.2. The number of thiazole rings is 1. The summed E-state index contributed by atoms with van der Waals surface area (Å²) in [6.07, 6.45) is 0. The molecule has 1 aromatic heterocycles. The molecule has 0 saturated carbocycles. The van der Waals surface area contributed by atoms with Gasteiger partial charge in [-0.15, -0.1) is 0 Å². The predicted molar refractivity (Wildman–Crippen MR) is 117 cm³/mol. The predicted octanol–water partition coefficient (Wildman–Crippen LogP) is 2.41. The van der Waals surface area contributed by atoms with Gasteiger partial charge < -0.3 is 20.3 Å². The van der Waals surface area contributed by atoms with Gasteiger partial charge in [-0.1, -0.05) is 17.4 Å². The Kier molecular flexibility index (Phi) is 6.05. The van der Waals surface area contributed by atoms with Gasteiger partial charge in [0.2, 0.25) is 5.91 Å². The molecule has 2 N–H and O–H groups in total. The molecule has 0 atom stereocenters. The number of nitro groups is 1. The number of nitrogens with one attached hydrogen (secondary N) is 2. The smallest absolute Gasteiger partial charge is 0.270 e. The van der Waals surface area contributed by atoms with Crippen molar-refractivity contribution in [2.24, 2.45) is 0 Å². The molecule has 0 aliphatic carbocycles. The molecular weight excluding hydrogens is 422 g/mol. The minimum absolute atomic E-state index is 0.115. The van der Waals surface area contributed by atoms with Crippen LogP contribution in [0.4, 0.5) is 16.5 Å². The number of carbonyl (C=O) groups excluding carboxylic acids is 2. The van der Waals surface area contributed by atoms with Crippen molar-refractivity contribution in [1.82, 2.24) is 10.3 Å². The van der Waals surface area contributed by atoms with Gasteiger partial charge in [-0.05, 0) is 24.3 Å². The molecule has 160 valence electrons. The highest BCUT2D eigenvalue weighted by Gasteiger charge is 2.16. The second kappa shape index (κ2) is 9.06. The molecule has 2 heterocycles. The number of nitro benzene ring substituents is 1. The number of aromatic nitrogens is 1. The van der Waals surface area contributed by atoms with Crippen LogP contribution in [0.15, 0.2) is 42.5 Å². The van der Waals surface area contributed by atoms with Crippen LogP contribution in [0.25, 0.3) is 10.2 Å². The molecule has 1 aliphatic rings. The van der Waals surface area contributed by atoms with Crippen molar-refractivity contribution in [3.8, 4) is 0 Å². The van der Waals surface area contributed by atoms with E-state index in [2.05, 4.69) is 20.5 Å². The van der Waals surface area contributed by atoms with Crippen molar-refractivity contribution in [3.63, 3.8) is 0 Å². The maximum atomic E-state index is 12.2. The second-order valence-electron chi connectivity index (χ2n) is 6.82. The van der Waals surface area contributed by atoms with Crippen LogP contribution >= 0.6 is 11.3 Å². The molecule has 0 unspecified atom stereocenters. The zero-order valence-electron chi connectivity index (χ0n) is 16.4. The van der Waals surface area contributed by atoms with Gasteiger partial charge in [-0.3, -0.25) is 19.7 Å². The van der Waals surface area contributed by atoms with Crippen LogP contribution < -0.4 is 15.5 Å². The summed E-state index contributed by atoms with van der Waals surface area (Å²) in [5, 5.41) is 17.0. The average molecular weight is 441 g/mol. The van der Waals surface area contributed by atoms with Crippen LogP contribution in [0.1, 0.15) is 10.4 Å². The highest BCUT2D eigenvalue weighted by atomic mass is 32.1. The Morgan fingerprint density at radius 2 is 2.00 bits per heavy atom. The number of rotatable bonds is 6. The maximum absolute atomic E-state index is 12.2. The quantitative estimate of drug-likeness (QED) is 0.444. The molecule has 10 nitrogen and oxygen atoms in total. The van der Waals surface area contributed by atoms with Crippen LogP contribution in [0.5, 0.6) is 0 Å². The molecule has 2 amide bonds. The number of carbonyl (C=O) groups is 2. The summed E-state index contributed by atoms with van der Waals surface area (Å²) in [6, 6.07) is 10.8. The lowest BCUT2D eigenvalue weighted by molar-refractivity contribution is -0.384. The standard InChI is InChI=1S/C20H19N5O5S/c26-18(12-21-19(27)13-2-1-3-15(10-13)25(28)29)22-14-4-5-16-17(11-14)31-20(23-16)24-6-8-30-9-7-24/h1-5,10-11H,6-9,12H2,(H,21,27)(H,22,26).